The molecule has 10 radical (unpaired) electrons. The molecule has 6 heteroatoms. The number of ether oxygens (including phenoxy) is 1. The molecule has 0 unspecified atom stereocenters. The van der Waals surface area contributed by atoms with E-state index in [0.29, 0.717) is 6.54 Å². The number of hydrogen-bond donors (Lipinski definition) is 0. The number of rotatable bonds is 8. The topological polar surface area (TPSA) is 43.2 Å². The molecule has 5 nitrogen and oxygen atoms in total. The van der Waals surface area contributed by atoms with Crippen molar-refractivity contribution in [1.82, 2.24) is 19.9 Å². The summed E-state index contributed by atoms with van der Waals surface area (Å²) in [7, 11) is 0. The normalized spacial score (nSPS) is 19.0. The van der Waals surface area contributed by atoms with Crippen LogP contribution in [0.1, 0.15) is 36.9 Å². The third-order valence-corrected chi connectivity index (χ3v) is 5.66. The standard InChI is InChI=1S/C22H27N4O.C5H5.Fe/c1-4-13-25(14-5-1)15-6-16-27-21-11-9-19(10-12-21)17-26-18-22(23-24-26)20-7-2-3-8-20;1-2-4-5-3-1;/h2-3,7-12,18H,1,4-6,13-17H2;1-5H;/q;;+2. The summed E-state index contributed by atoms with van der Waals surface area (Å²) in [4.78, 5) is 2.55. The average molecular weight is 484 g/mol. The molecule has 0 bridgehead atoms. The molecule has 5 rings (SSSR count). The van der Waals surface area contributed by atoms with E-state index in [2.05, 4.69) is 27.3 Å². The van der Waals surface area contributed by atoms with Gasteiger partial charge in [-0.25, -0.2) is 4.68 Å². The van der Waals surface area contributed by atoms with Crippen molar-refractivity contribution in [1.29, 1.82) is 0 Å². The first-order valence-electron chi connectivity index (χ1n) is 11.6. The summed E-state index contributed by atoms with van der Waals surface area (Å²) in [6.45, 7) is 5.15. The molecule has 2 aliphatic carbocycles. The average Bonchev–Trinajstić information content (AvgIpc) is 3.63. The molecule has 0 spiro atoms. The fourth-order valence-corrected chi connectivity index (χ4v) is 3.91. The Morgan fingerprint density at radius 3 is 2.15 bits per heavy atom. The summed E-state index contributed by atoms with van der Waals surface area (Å²) >= 11 is 0. The third-order valence-electron chi connectivity index (χ3n) is 5.66. The number of nitrogens with zero attached hydrogens (tertiary/aromatic N) is 4. The number of piperidine rings is 1. The van der Waals surface area contributed by atoms with Crippen LogP contribution in [0.3, 0.4) is 0 Å². The second kappa shape index (κ2) is 14.8. The summed E-state index contributed by atoms with van der Waals surface area (Å²) in [5.41, 5.74) is 2.10. The minimum atomic E-state index is 0. The van der Waals surface area contributed by atoms with Crippen LogP contribution in [0.4, 0.5) is 0 Å². The predicted octanol–water partition coefficient (Wildman–Crippen LogP) is 4.35. The Balaban J connectivity index is 0.000000453. The van der Waals surface area contributed by atoms with Gasteiger partial charge in [0.05, 0.1) is 18.8 Å². The Morgan fingerprint density at radius 1 is 0.818 bits per heavy atom. The zero-order valence-corrected chi connectivity index (χ0v) is 20.1. The fourth-order valence-electron chi connectivity index (χ4n) is 3.91. The van der Waals surface area contributed by atoms with Gasteiger partial charge in [-0.2, -0.15) is 0 Å². The van der Waals surface area contributed by atoms with Crippen LogP contribution in [-0.4, -0.2) is 46.1 Å². The molecule has 1 aromatic heterocycles. The number of aromatic nitrogens is 3. The molecule has 1 aromatic carbocycles. The largest absolute Gasteiger partial charge is 2.00 e. The Hall–Kier alpha value is -1.36. The fraction of sp³-hybridized carbons (Fsp3) is 0.333. The summed E-state index contributed by atoms with van der Waals surface area (Å²) in [5.74, 6) is 2.04. The van der Waals surface area contributed by atoms with Crippen LogP contribution in [-0.2, 0) is 23.6 Å². The van der Waals surface area contributed by atoms with Crippen molar-refractivity contribution in [2.45, 2.75) is 32.2 Å². The van der Waals surface area contributed by atoms with Gasteiger partial charge in [0.1, 0.15) is 5.75 Å². The molecule has 1 aliphatic heterocycles. The van der Waals surface area contributed by atoms with Gasteiger partial charge >= 0.3 is 17.1 Å². The van der Waals surface area contributed by atoms with Crippen LogP contribution >= 0.6 is 0 Å². The maximum absolute atomic E-state index is 5.89. The van der Waals surface area contributed by atoms with Gasteiger partial charge in [-0.3, -0.25) is 0 Å². The van der Waals surface area contributed by atoms with Crippen LogP contribution in [0.5, 0.6) is 5.75 Å². The molecular formula is C27H32FeN4O+2. The molecule has 172 valence electrons. The van der Waals surface area contributed by atoms with Crippen LogP contribution in [0.15, 0.2) is 30.5 Å². The maximum Gasteiger partial charge on any atom is 2.00 e. The Morgan fingerprint density at radius 2 is 1.48 bits per heavy atom. The molecule has 2 saturated carbocycles. The van der Waals surface area contributed by atoms with Crippen LogP contribution in [0.2, 0.25) is 0 Å². The van der Waals surface area contributed by atoms with Crippen molar-refractivity contribution in [2.75, 3.05) is 26.2 Å². The van der Waals surface area contributed by atoms with Crippen molar-refractivity contribution in [3.63, 3.8) is 0 Å². The van der Waals surface area contributed by atoms with E-state index in [0.717, 1.165) is 36.9 Å². The minimum Gasteiger partial charge on any atom is -0.494 e. The summed E-state index contributed by atoms with van der Waals surface area (Å²) < 4.78 is 7.77. The molecule has 2 aromatic rings. The quantitative estimate of drug-likeness (QED) is 0.413. The molecule has 3 fully saturated rings. The monoisotopic (exact) mass is 484 g/mol. The van der Waals surface area contributed by atoms with Gasteiger partial charge in [0, 0.05) is 18.7 Å². The smallest absolute Gasteiger partial charge is 0.494 e. The number of likely N-dealkylation sites (tertiary alicyclic amines) is 1. The van der Waals surface area contributed by atoms with Gasteiger partial charge in [0.15, 0.2) is 0 Å². The van der Waals surface area contributed by atoms with Gasteiger partial charge in [0.25, 0.3) is 0 Å². The first-order chi connectivity index (χ1) is 15.9. The second-order valence-electron chi connectivity index (χ2n) is 8.19. The second-order valence-corrected chi connectivity index (χ2v) is 8.19. The molecule has 0 amide bonds. The van der Waals surface area contributed by atoms with Crippen molar-refractivity contribution in [3.05, 3.63) is 105 Å². The van der Waals surface area contributed by atoms with E-state index in [1.165, 1.54) is 37.9 Å². The van der Waals surface area contributed by atoms with Gasteiger partial charge in [-0.05, 0) is 108 Å². The third kappa shape index (κ3) is 9.07. The zero-order chi connectivity index (χ0) is 21.8. The Bertz CT molecular complexity index is 755. The number of benzene rings is 1. The van der Waals surface area contributed by atoms with E-state index in [4.69, 9.17) is 4.74 Å². The van der Waals surface area contributed by atoms with Crippen LogP contribution in [0.25, 0.3) is 0 Å². The zero-order valence-electron chi connectivity index (χ0n) is 19.0. The van der Waals surface area contributed by atoms with E-state index in [-0.39, 0.29) is 17.1 Å². The van der Waals surface area contributed by atoms with Gasteiger partial charge < -0.3 is 9.64 Å². The van der Waals surface area contributed by atoms with Crippen molar-refractivity contribution < 1.29 is 21.8 Å². The molecule has 1 saturated heterocycles. The predicted molar refractivity (Wildman–Crippen MR) is 127 cm³/mol. The number of hydrogen-bond acceptors (Lipinski definition) is 4. The first kappa shape index (κ1) is 26.2. The van der Waals surface area contributed by atoms with Gasteiger partial charge in [-0.1, -0.05) is 23.8 Å². The first-order valence-corrected chi connectivity index (χ1v) is 11.6. The molecule has 2 heterocycles. The van der Waals surface area contributed by atoms with E-state index >= 15 is 0 Å². The van der Waals surface area contributed by atoms with E-state index in [9.17, 15) is 0 Å². The van der Waals surface area contributed by atoms with Crippen molar-refractivity contribution in [3.8, 4) is 5.75 Å². The molecular weight excluding hydrogens is 452 g/mol. The molecule has 0 N–H and O–H groups in total. The summed E-state index contributed by atoms with van der Waals surface area (Å²) in [6.07, 6.45) is 25.3. The minimum absolute atomic E-state index is 0. The Kier molecular flexibility index (Phi) is 11.8. The van der Waals surface area contributed by atoms with Crippen LogP contribution in [0, 0.1) is 63.7 Å². The van der Waals surface area contributed by atoms with Crippen LogP contribution < -0.4 is 4.74 Å². The van der Waals surface area contributed by atoms with E-state index in [1.54, 1.807) is 0 Å². The van der Waals surface area contributed by atoms with E-state index in [1.807, 2.05) is 80.8 Å². The van der Waals surface area contributed by atoms with Gasteiger partial charge in [-0.15, -0.1) is 5.10 Å². The summed E-state index contributed by atoms with van der Waals surface area (Å²) in [5, 5.41) is 8.47. The Labute approximate surface area is 211 Å². The van der Waals surface area contributed by atoms with Crippen molar-refractivity contribution in [2.24, 2.45) is 0 Å². The van der Waals surface area contributed by atoms with E-state index < -0.39 is 0 Å². The molecule has 0 atom stereocenters. The summed E-state index contributed by atoms with van der Waals surface area (Å²) in [6, 6.07) is 8.30. The molecule has 3 aliphatic rings. The molecule has 33 heavy (non-hydrogen) atoms. The van der Waals surface area contributed by atoms with Gasteiger partial charge in [0.2, 0.25) is 0 Å². The van der Waals surface area contributed by atoms with Crippen molar-refractivity contribution >= 4 is 0 Å². The maximum atomic E-state index is 5.89. The SMILES string of the molecule is [CH]1[CH][CH][CH][CH]1.[CH]1[CH][CH][C](c2cn(Cc3ccc(OCCCN4CCCCC4)cc3)nn2)[CH]1.[Fe+2].